The first-order valence-electron chi connectivity index (χ1n) is 6.53. The largest absolute Gasteiger partial charge is 0.472 e. The highest BCUT2D eigenvalue weighted by molar-refractivity contribution is 5.96. The van der Waals surface area contributed by atoms with Crippen LogP contribution in [0.3, 0.4) is 0 Å². The summed E-state index contributed by atoms with van der Waals surface area (Å²) in [6, 6.07) is 11.2. The molecule has 1 aromatic carbocycles. The van der Waals surface area contributed by atoms with Crippen molar-refractivity contribution >= 4 is 16.9 Å². The van der Waals surface area contributed by atoms with Gasteiger partial charge in [-0.3, -0.25) is 4.79 Å². The van der Waals surface area contributed by atoms with Crippen LogP contribution in [-0.2, 0) is 6.42 Å². The first-order chi connectivity index (χ1) is 9.72. The van der Waals surface area contributed by atoms with E-state index in [9.17, 15) is 4.79 Å². The standard InChI is InChI=1S/C16H15NO3/c1-11(8-12-6-7-19-10-12)17-16(18)15-9-13-4-2-3-5-14(13)20-15/h2-7,9-11H,8H2,1H3,(H,17,18)/t11-/m0/s1. The molecule has 1 atom stereocenters. The number of rotatable bonds is 4. The third-order valence-corrected chi connectivity index (χ3v) is 3.15. The van der Waals surface area contributed by atoms with Crippen molar-refractivity contribution in [3.05, 3.63) is 60.2 Å². The minimum Gasteiger partial charge on any atom is -0.472 e. The van der Waals surface area contributed by atoms with Gasteiger partial charge in [-0.1, -0.05) is 18.2 Å². The van der Waals surface area contributed by atoms with Crippen LogP contribution in [0.15, 0.2) is 57.8 Å². The van der Waals surface area contributed by atoms with Crippen LogP contribution in [0.25, 0.3) is 11.0 Å². The molecule has 0 aliphatic carbocycles. The van der Waals surface area contributed by atoms with E-state index in [0.29, 0.717) is 5.76 Å². The predicted octanol–water partition coefficient (Wildman–Crippen LogP) is 3.39. The van der Waals surface area contributed by atoms with Gasteiger partial charge in [-0.2, -0.15) is 0 Å². The SMILES string of the molecule is C[C@@H](Cc1ccoc1)NC(=O)c1cc2ccccc2o1. The van der Waals surface area contributed by atoms with E-state index in [1.807, 2.05) is 37.3 Å². The summed E-state index contributed by atoms with van der Waals surface area (Å²) in [6.07, 6.45) is 4.04. The zero-order valence-electron chi connectivity index (χ0n) is 11.1. The number of amides is 1. The maximum absolute atomic E-state index is 12.1. The van der Waals surface area contributed by atoms with Crippen LogP contribution in [0.1, 0.15) is 23.0 Å². The second-order valence-electron chi connectivity index (χ2n) is 4.86. The molecule has 2 aromatic heterocycles. The van der Waals surface area contributed by atoms with E-state index in [1.54, 1.807) is 18.6 Å². The molecule has 2 heterocycles. The minimum atomic E-state index is -0.197. The zero-order valence-corrected chi connectivity index (χ0v) is 11.1. The van der Waals surface area contributed by atoms with E-state index < -0.39 is 0 Å². The van der Waals surface area contributed by atoms with Crippen molar-refractivity contribution in [3.8, 4) is 0 Å². The lowest BCUT2D eigenvalue weighted by atomic mass is 10.1. The predicted molar refractivity (Wildman–Crippen MR) is 75.6 cm³/mol. The van der Waals surface area contributed by atoms with Crippen molar-refractivity contribution in [1.82, 2.24) is 5.32 Å². The second-order valence-corrected chi connectivity index (χ2v) is 4.86. The molecule has 1 N–H and O–H groups in total. The number of carbonyl (C=O) groups is 1. The molecule has 0 bridgehead atoms. The molecule has 0 spiro atoms. The van der Waals surface area contributed by atoms with Crippen molar-refractivity contribution in [1.29, 1.82) is 0 Å². The molecule has 4 heteroatoms. The molecule has 4 nitrogen and oxygen atoms in total. The van der Waals surface area contributed by atoms with Gasteiger partial charge >= 0.3 is 0 Å². The fourth-order valence-electron chi connectivity index (χ4n) is 2.20. The van der Waals surface area contributed by atoms with Crippen LogP contribution in [-0.4, -0.2) is 11.9 Å². The Morgan fingerprint density at radius 2 is 2.15 bits per heavy atom. The van der Waals surface area contributed by atoms with E-state index >= 15 is 0 Å². The lowest BCUT2D eigenvalue weighted by molar-refractivity contribution is 0.0914. The second kappa shape index (κ2) is 5.25. The molecular weight excluding hydrogens is 254 g/mol. The van der Waals surface area contributed by atoms with E-state index in [-0.39, 0.29) is 11.9 Å². The maximum atomic E-state index is 12.1. The zero-order chi connectivity index (χ0) is 13.9. The average Bonchev–Trinajstić information content (AvgIpc) is 3.06. The van der Waals surface area contributed by atoms with E-state index in [2.05, 4.69) is 5.32 Å². The number of benzene rings is 1. The van der Waals surface area contributed by atoms with Gasteiger partial charge in [0.15, 0.2) is 5.76 Å². The Morgan fingerprint density at radius 3 is 2.90 bits per heavy atom. The third kappa shape index (κ3) is 2.59. The number of fused-ring (bicyclic) bond motifs is 1. The van der Waals surface area contributed by atoms with Crippen LogP contribution in [0.2, 0.25) is 0 Å². The Balaban J connectivity index is 1.69. The van der Waals surface area contributed by atoms with Gasteiger partial charge < -0.3 is 14.2 Å². The molecular formula is C16H15NO3. The van der Waals surface area contributed by atoms with Gasteiger partial charge in [0.2, 0.25) is 0 Å². The Bertz CT molecular complexity index is 679. The van der Waals surface area contributed by atoms with E-state index in [0.717, 1.165) is 23.0 Å². The lowest BCUT2D eigenvalue weighted by Crippen LogP contribution is -2.33. The van der Waals surface area contributed by atoms with Gasteiger partial charge in [-0.15, -0.1) is 0 Å². The Hall–Kier alpha value is -2.49. The molecule has 0 fully saturated rings. The number of hydrogen-bond acceptors (Lipinski definition) is 3. The summed E-state index contributed by atoms with van der Waals surface area (Å²) in [7, 11) is 0. The molecule has 0 saturated heterocycles. The van der Waals surface area contributed by atoms with Gasteiger partial charge in [0.1, 0.15) is 5.58 Å². The summed E-state index contributed by atoms with van der Waals surface area (Å²) in [5.74, 6) is 0.141. The van der Waals surface area contributed by atoms with Crippen molar-refractivity contribution in [2.24, 2.45) is 0 Å². The number of para-hydroxylation sites is 1. The van der Waals surface area contributed by atoms with Crippen LogP contribution in [0.4, 0.5) is 0 Å². The molecule has 0 saturated carbocycles. The highest BCUT2D eigenvalue weighted by atomic mass is 16.3. The molecule has 102 valence electrons. The summed E-state index contributed by atoms with van der Waals surface area (Å²) in [6.45, 7) is 1.95. The molecule has 0 unspecified atom stereocenters. The summed E-state index contributed by atoms with van der Waals surface area (Å²) in [4.78, 5) is 12.1. The van der Waals surface area contributed by atoms with Crippen molar-refractivity contribution in [2.75, 3.05) is 0 Å². The van der Waals surface area contributed by atoms with Crippen LogP contribution in [0.5, 0.6) is 0 Å². The first kappa shape index (κ1) is 12.5. The normalized spacial score (nSPS) is 12.4. The maximum Gasteiger partial charge on any atom is 0.287 e. The minimum absolute atomic E-state index is 0.00770. The average molecular weight is 269 g/mol. The molecule has 3 aromatic rings. The van der Waals surface area contributed by atoms with Gasteiger partial charge in [-0.25, -0.2) is 0 Å². The fraction of sp³-hybridized carbons (Fsp3) is 0.188. The van der Waals surface area contributed by atoms with Crippen LogP contribution < -0.4 is 5.32 Å². The molecule has 0 aliphatic heterocycles. The summed E-state index contributed by atoms with van der Waals surface area (Å²) in [5, 5.41) is 3.85. The number of furan rings is 2. The lowest BCUT2D eigenvalue weighted by Gasteiger charge is -2.11. The Morgan fingerprint density at radius 1 is 1.30 bits per heavy atom. The molecule has 0 radical (unpaired) electrons. The molecule has 3 rings (SSSR count). The van der Waals surface area contributed by atoms with Crippen molar-refractivity contribution in [3.63, 3.8) is 0 Å². The van der Waals surface area contributed by atoms with E-state index in [1.165, 1.54) is 0 Å². The Kier molecular flexibility index (Phi) is 3.29. The highest BCUT2D eigenvalue weighted by Gasteiger charge is 2.15. The van der Waals surface area contributed by atoms with Crippen molar-refractivity contribution in [2.45, 2.75) is 19.4 Å². The summed E-state index contributed by atoms with van der Waals surface area (Å²) < 4.78 is 10.5. The van der Waals surface area contributed by atoms with Crippen LogP contribution in [0, 0.1) is 0 Å². The van der Waals surface area contributed by atoms with Gasteiger partial charge in [0.25, 0.3) is 5.91 Å². The monoisotopic (exact) mass is 269 g/mol. The summed E-state index contributed by atoms with van der Waals surface area (Å²) >= 11 is 0. The molecule has 1 amide bonds. The summed E-state index contributed by atoms with van der Waals surface area (Å²) in [5.41, 5.74) is 1.78. The van der Waals surface area contributed by atoms with Gasteiger partial charge in [0, 0.05) is 11.4 Å². The quantitative estimate of drug-likeness (QED) is 0.789. The fourth-order valence-corrected chi connectivity index (χ4v) is 2.20. The third-order valence-electron chi connectivity index (χ3n) is 3.15. The number of nitrogens with one attached hydrogen (secondary N) is 1. The smallest absolute Gasteiger partial charge is 0.287 e. The van der Waals surface area contributed by atoms with E-state index in [4.69, 9.17) is 8.83 Å². The topological polar surface area (TPSA) is 55.4 Å². The van der Waals surface area contributed by atoms with Gasteiger partial charge in [0.05, 0.1) is 12.5 Å². The van der Waals surface area contributed by atoms with Crippen LogP contribution >= 0.6 is 0 Å². The highest BCUT2D eigenvalue weighted by Crippen LogP contribution is 2.18. The first-order valence-corrected chi connectivity index (χ1v) is 6.53. The van der Waals surface area contributed by atoms with Gasteiger partial charge in [-0.05, 0) is 37.1 Å². The number of hydrogen-bond donors (Lipinski definition) is 1. The Labute approximate surface area is 116 Å². The van der Waals surface area contributed by atoms with Crippen molar-refractivity contribution < 1.29 is 13.6 Å². The number of carbonyl (C=O) groups excluding carboxylic acids is 1. The molecule has 20 heavy (non-hydrogen) atoms. The molecule has 0 aliphatic rings.